The van der Waals surface area contributed by atoms with E-state index in [1.54, 1.807) is 13.4 Å². The molecule has 1 aromatic carbocycles. The van der Waals surface area contributed by atoms with Crippen molar-refractivity contribution in [3.05, 3.63) is 30.6 Å². The number of aromatic amines is 1. The lowest BCUT2D eigenvalue weighted by Crippen LogP contribution is -2.35. The summed E-state index contributed by atoms with van der Waals surface area (Å²) in [5.74, 6) is 3.04. The van der Waals surface area contributed by atoms with E-state index < -0.39 is 0 Å². The van der Waals surface area contributed by atoms with Gasteiger partial charge < -0.3 is 19.9 Å². The number of hydrogen-bond acceptors (Lipinski definition) is 6. The van der Waals surface area contributed by atoms with Crippen LogP contribution in [0.5, 0.6) is 5.75 Å². The Morgan fingerprint density at radius 3 is 2.77 bits per heavy atom. The van der Waals surface area contributed by atoms with Gasteiger partial charge in [-0.05, 0) is 55.6 Å². The predicted octanol–water partition coefficient (Wildman–Crippen LogP) is 2.07. The van der Waals surface area contributed by atoms with Crippen LogP contribution in [0.15, 0.2) is 30.6 Å². The van der Waals surface area contributed by atoms with Gasteiger partial charge in [0.1, 0.15) is 17.0 Å². The summed E-state index contributed by atoms with van der Waals surface area (Å²) in [5.41, 5.74) is 3.51. The molecule has 0 radical (unpaired) electrons. The SMILES string of the molecule is COc1ccc(-c2nc(N3CC4CCNCC4C3)nc3nc[nH]c23)cc1. The van der Waals surface area contributed by atoms with Crippen LogP contribution in [-0.2, 0) is 0 Å². The number of aromatic nitrogens is 4. The van der Waals surface area contributed by atoms with E-state index in [2.05, 4.69) is 20.2 Å². The maximum atomic E-state index is 5.27. The maximum absolute atomic E-state index is 5.27. The molecule has 0 bridgehead atoms. The summed E-state index contributed by atoms with van der Waals surface area (Å²) >= 11 is 0. The van der Waals surface area contributed by atoms with Crippen molar-refractivity contribution in [1.29, 1.82) is 0 Å². The first-order valence-corrected chi connectivity index (χ1v) is 9.13. The Balaban J connectivity index is 1.55. The largest absolute Gasteiger partial charge is 0.497 e. The van der Waals surface area contributed by atoms with Gasteiger partial charge in [-0.1, -0.05) is 0 Å². The molecular formula is C19H22N6O. The molecular weight excluding hydrogens is 328 g/mol. The Morgan fingerprint density at radius 2 is 1.96 bits per heavy atom. The Morgan fingerprint density at radius 1 is 1.12 bits per heavy atom. The number of methoxy groups -OCH3 is 1. The van der Waals surface area contributed by atoms with Crippen LogP contribution in [0.4, 0.5) is 5.95 Å². The molecule has 0 spiro atoms. The van der Waals surface area contributed by atoms with Gasteiger partial charge in [-0.3, -0.25) is 0 Å². The molecule has 2 fully saturated rings. The molecule has 7 heteroatoms. The lowest BCUT2D eigenvalue weighted by Gasteiger charge is -2.23. The molecule has 4 heterocycles. The first-order valence-electron chi connectivity index (χ1n) is 9.13. The molecule has 3 aromatic rings. The third-order valence-electron chi connectivity index (χ3n) is 5.60. The van der Waals surface area contributed by atoms with Crippen LogP contribution in [0, 0.1) is 11.8 Å². The zero-order valence-electron chi connectivity index (χ0n) is 14.8. The lowest BCUT2D eigenvalue weighted by atomic mass is 9.90. The van der Waals surface area contributed by atoms with Crippen LogP contribution in [-0.4, -0.2) is 53.2 Å². The average molecular weight is 350 g/mol. The number of H-pyrrole nitrogens is 1. The molecule has 2 saturated heterocycles. The number of rotatable bonds is 3. The van der Waals surface area contributed by atoms with E-state index in [0.29, 0.717) is 11.6 Å². The molecule has 5 rings (SSSR count). The second-order valence-electron chi connectivity index (χ2n) is 7.12. The number of piperidine rings is 1. The van der Waals surface area contributed by atoms with E-state index in [9.17, 15) is 0 Å². The normalized spacial score (nSPS) is 22.6. The molecule has 26 heavy (non-hydrogen) atoms. The smallest absolute Gasteiger partial charge is 0.228 e. The molecule has 2 unspecified atom stereocenters. The molecule has 2 aliphatic rings. The summed E-state index contributed by atoms with van der Waals surface area (Å²) < 4.78 is 5.27. The Bertz CT molecular complexity index is 907. The highest BCUT2D eigenvalue weighted by atomic mass is 16.5. The molecule has 7 nitrogen and oxygen atoms in total. The minimum absolute atomic E-state index is 0.687. The third-order valence-corrected chi connectivity index (χ3v) is 5.60. The predicted molar refractivity (Wildman–Crippen MR) is 100 cm³/mol. The zero-order chi connectivity index (χ0) is 17.5. The van der Waals surface area contributed by atoms with Crippen molar-refractivity contribution in [3.8, 4) is 17.0 Å². The van der Waals surface area contributed by atoms with E-state index in [1.807, 2.05) is 24.3 Å². The standard InChI is InChI=1S/C19H22N6O/c1-26-15-4-2-12(3-5-15)16-17-18(22-11-21-17)24-19(23-16)25-9-13-6-7-20-8-14(13)10-25/h2-5,11,13-14,20H,6-10H2,1H3,(H,21,22,23,24). The van der Waals surface area contributed by atoms with Crippen molar-refractivity contribution in [2.75, 3.05) is 38.2 Å². The lowest BCUT2D eigenvalue weighted by molar-refractivity contribution is 0.318. The first-order chi connectivity index (χ1) is 12.8. The van der Waals surface area contributed by atoms with Crippen LogP contribution >= 0.6 is 0 Å². The van der Waals surface area contributed by atoms with Crippen molar-refractivity contribution in [1.82, 2.24) is 25.3 Å². The van der Waals surface area contributed by atoms with Gasteiger partial charge in [-0.25, -0.2) is 9.97 Å². The summed E-state index contributed by atoms with van der Waals surface area (Å²) in [7, 11) is 1.67. The number of anilines is 1. The second-order valence-corrected chi connectivity index (χ2v) is 7.12. The molecule has 0 aliphatic carbocycles. The number of nitrogens with zero attached hydrogens (tertiary/aromatic N) is 4. The molecule has 0 amide bonds. The van der Waals surface area contributed by atoms with E-state index in [1.165, 1.54) is 6.42 Å². The van der Waals surface area contributed by atoms with Gasteiger partial charge in [0.15, 0.2) is 5.65 Å². The second kappa shape index (κ2) is 6.25. The summed E-state index contributed by atoms with van der Waals surface area (Å²) in [6, 6.07) is 7.96. The highest BCUT2D eigenvalue weighted by Crippen LogP contribution is 2.33. The van der Waals surface area contributed by atoms with Crippen molar-refractivity contribution in [3.63, 3.8) is 0 Å². The van der Waals surface area contributed by atoms with Gasteiger partial charge in [0, 0.05) is 18.7 Å². The summed E-state index contributed by atoms with van der Waals surface area (Å²) in [5, 5.41) is 3.51. The van der Waals surface area contributed by atoms with Crippen molar-refractivity contribution in [2.45, 2.75) is 6.42 Å². The molecule has 2 aliphatic heterocycles. The van der Waals surface area contributed by atoms with Gasteiger partial charge >= 0.3 is 0 Å². The highest BCUT2D eigenvalue weighted by molar-refractivity contribution is 5.88. The van der Waals surface area contributed by atoms with Crippen molar-refractivity contribution < 1.29 is 4.74 Å². The van der Waals surface area contributed by atoms with E-state index in [4.69, 9.17) is 14.7 Å². The summed E-state index contributed by atoms with van der Waals surface area (Å²) in [6.07, 6.45) is 2.92. The van der Waals surface area contributed by atoms with Crippen molar-refractivity contribution in [2.24, 2.45) is 11.8 Å². The van der Waals surface area contributed by atoms with Gasteiger partial charge in [-0.2, -0.15) is 4.98 Å². The highest BCUT2D eigenvalue weighted by Gasteiger charge is 2.35. The first kappa shape index (κ1) is 15.6. The number of hydrogen-bond donors (Lipinski definition) is 2. The average Bonchev–Trinajstić information content (AvgIpc) is 3.33. The molecule has 0 saturated carbocycles. The number of benzene rings is 1. The van der Waals surface area contributed by atoms with Crippen LogP contribution in [0.3, 0.4) is 0 Å². The number of ether oxygens (including phenoxy) is 1. The van der Waals surface area contributed by atoms with Crippen LogP contribution in [0.1, 0.15) is 6.42 Å². The Hall–Kier alpha value is -2.67. The topological polar surface area (TPSA) is 79.0 Å². The maximum Gasteiger partial charge on any atom is 0.228 e. The van der Waals surface area contributed by atoms with Gasteiger partial charge in [-0.15, -0.1) is 0 Å². The van der Waals surface area contributed by atoms with Crippen LogP contribution in [0.25, 0.3) is 22.4 Å². The third kappa shape index (κ3) is 2.59. The molecule has 2 aromatic heterocycles. The van der Waals surface area contributed by atoms with Gasteiger partial charge in [0.25, 0.3) is 0 Å². The number of fused-ring (bicyclic) bond motifs is 2. The fraction of sp³-hybridized carbons (Fsp3) is 0.421. The quantitative estimate of drug-likeness (QED) is 0.753. The van der Waals surface area contributed by atoms with Gasteiger partial charge in [0.2, 0.25) is 5.95 Å². The molecule has 2 N–H and O–H groups in total. The molecule has 134 valence electrons. The van der Waals surface area contributed by atoms with E-state index in [-0.39, 0.29) is 0 Å². The zero-order valence-corrected chi connectivity index (χ0v) is 14.8. The fourth-order valence-corrected chi connectivity index (χ4v) is 4.16. The van der Waals surface area contributed by atoms with Crippen LogP contribution in [0.2, 0.25) is 0 Å². The minimum atomic E-state index is 0.687. The Kier molecular flexibility index (Phi) is 3.74. The monoisotopic (exact) mass is 350 g/mol. The molecule has 2 atom stereocenters. The summed E-state index contributed by atoms with van der Waals surface area (Å²) in [4.78, 5) is 19.5. The minimum Gasteiger partial charge on any atom is -0.497 e. The van der Waals surface area contributed by atoms with Gasteiger partial charge in [0.05, 0.1) is 13.4 Å². The van der Waals surface area contributed by atoms with Crippen molar-refractivity contribution >= 4 is 17.1 Å². The summed E-state index contributed by atoms with van der Waals surface area (Å²) in [6.45, 7) is 4.25. The number of imidazole rings is 1. The van der Waals surface area contributed by atoms with E-state index >= 15 is 0 Å². The van der Waals surface area contributed by atoms with Crippen LogP contribution < -0.4 is 15.0 Å². The fourth-order valence-electron chi connectivity index (χ4n) is 4.16. The number of nitrogens with one attached hydrogen (secondary N) is 2. The Labute approximate surface area is 151 Å². The van der Waals surface area contributed by atoms with E-state index in [0.717, 1.165) is 60.6 Å².